The minimum Gasteiger partial charge on any atom is -0.365 e. The summed E-state index contributed by atoms with van der Waals surface area (Å²) >= 11 is 1.34. The summed E-state index contributed by atoms with van der Waals surface area (Å²) in [6, 6.07) is 9.37. The Bertz CT molecular complexity index is 475. The maximum Gasteiger partial charge on any atom is 0.262 e. The summed E-state index contributed by atoms with van der Waals surface area (Å²) in [7, 11) is 0. The predicted molar refractivity (Wildman–Crippen MR) is 57.8 cm³/mol. The minimum absolute atomic E-state index is 0.0313. The molecule has 74 valence electrons. The Morgan fingerprint density at radius 1 is 1.47 bits per heavy atom. The first-order valence-corrected chi connectivity index (χ1v) is 5.02. The van der Waals surface area contributed by atoms with Crippen molar-refractivity contribution in [2.24, 2.45) is 5.73 Å². The number of rotatable bonds is 1. The molecule has 1 aromatic rings. The fourth-order valence-electron chi connectivity index (χ4n) is 1.25. The van der Waals surface area contributed by atoms with Crippen molar-refractivity contribution in [2.75, 3.05) is 5.32 Å². The zero-order valence-corrected chi connectivity index (χ0v) is 8.47. The van der Waals surface area contributed by atoms with E-state index in [4.69, 9.17) is 11.0 Å². The van der Waals surface area contributed by atoms with Crippen LogP contribution in [-0.2, 0) is 4.79 Å². The maximum absolute atomic E-state index is 11.0. The third-order valence-electron chi connectivity index (χ3n) is 1.93. The molecular weight excluding hydrogens is 210 g/mol. The van der Waals surface area contributed by atoms with Crippen LogP contribution in [0.1, 0.15) is 0 Å². The first kappa shape index (κ1) is 9.62. The fraction of sp³-hybridized carbons (Fsp3) is 0. The molecule has 4 nitrogen and oxygen atoms in total. The van der Waals surface area contributed by atoms with Gasteiger partial charge in [0.1, 0.15) is 16.7 Å². The summed E-state index contributed by atoms with van der Waals surface area (Å²) in [4.78, 5) is 11.9. The third-order valence-corrected chi connectivity index (χ3v) is 3.02. The zero-order chi connectivity index (χ0) is 10.8. The fourth-order valence-corrected chi connectivity index (χ4v) is 2.25. The van der Waals surface area contributed by atoms with Gasteiger partial charge in [0.15, 0.2) is 0 Å². The molecule has 0 saturated carbocycles. The Morgan fingerprint density at radius 2 is 2.20 bits per heavy atom. The molecule has 0 spiro atoms. The molecule has 1 amide bonds. The van der Waals surface area contributed by atoms with Crippen molar-refractivity contribution in [3.05, 3.63) is 34.9 Å². The van der Waals surface area contributed by atoms with Crippen LogP contribution in [0, 0.1) is 11.3 Å². The topological polar surface area (TPSA) is 78.9 Å². The smallest absolute Gasteiger partial charge is 0.262 e. The highest BCUT2D eigenvalue weighted by molar-refractivity contribution is 8.03. The monoisotopic (exact) mass is 217 g/mol. The molecule has 0 saturated heterocycles. The molecule has 1 aromatic carbocycles. The predicted octanol–water partition coefficient (Wildman–Crippen LogP) is 1.42. The van der Waals surface area contributed by atoms with Gasteiger partial charge in [-0.15, -0.1) is 0 Å². The molecule has 5 heteroatoms. The summed E-state index contributed by atoms with van der Waals surface area (Å²) in [5, 5.41) is 12.3. The van der Waals surface area contributed by atoms with Crippen molar-refractivity contribution >= 4 is 23.4 Å². The number of carbonyl (C=O) groups excluding carboxylic acids is 1. The summed E-state index contributed by atoms with van der Waals surface area (Å²) in [5.41, 5.74) is 5.95. The number of nitrogens with zero attached hydrogens (tertiary/aromatic N) is 1. The molecule has 0 atom stereocenters. The van der Waals surface area contributed by atoms with Gasteiger partial charge in [-0.05, 0) is 12.1 Å². The lowest BCUT2D eigenvalue weighted by molar-refractivity contribution is -0.114. The number of nitriles is 1. The lowest BCUT2D eigenvalue weighted by Gasteiger charge is -1.99. The number of thioether (sulfide) groups is 1. The van der Waals surface area contributed by atoms with Gasteiger partial charge in [0.2, 0.25) is 0 Å². The number of para-hydroxylation sites is 1. The molecule has 1 aliphatic heterocycles. The Labute approximate surface area is 90.8 Å². The molecular formula is C10H7N3OS. The molecule has 0 radical (unpaired) electrons. The normalized spacial score (nSPS) is 16.2. The lowest BCUT2D eigenvalue weighted by Crippen LogP contribution is -2.15. The first-order chi connectivity index (χ1) is 7.22. The third kappa shape index (κ3) is 1.67. The van der Waals surface area contributed by atoms with Gasteiger partial charge in [0, 0.05) is 4.90 Å². The van der Waals surface area contributed by atoms with Crippen molar-refractivity contribution in [3.8, 4) is 6.07 Å². The van der Waals surface area contributed by atoms with Crippen LogP contribution in [0.2, 0.25) is 0 Å². The number of hydrogen-bond acceptors (Lipinski definition) is 4. The summed E-state index contributed by atoms with van der Waals surface area (Å²) < 4.78 is 0. The average molecular weight is 217 g/mol. The number of nitrogens with two attached hydrogens (primary N) is 1. The molecule has 0 unspecified atom stereocenters. The number of amides is 1. The Morgan fingerprint density at radius 3 is 2.80 bits per heavy atom. The molecule has 15 heavy (non-hydrogen) atoms. The van der Waals surface area contributed by atoms with Crippen LogP contribution >= 0.6 is 11.8 Å². The summed E-state index contributed by atoms with van der Waals surface area (Å²) in [6.45, 7) is 0. The number of primary amides is 1. The van der Waals surface area contributed by atoms with Gasteiger partial charge in [-0.3, -0.25) is 4.79 Å². The van der Waals surface area contributed by atoms with Gasteiger partial charge in [-0.2, -0.15) is 5.26 Å². The van der Waals surface area contributed by atoms with E-state index >= 15 is 0 Å². The van der Waals surface area contributed by atoms with E-state index in [9.17, 15) is 4.79 Å². The Balaban J connectivity index is 2.42. The van der Waals surface area contributed by atoms with E-state index in [1.165, 1.54) is 11.8 Å². The van der Waals surface area contributed by atoms with Crippen LogP contribution in [0.25, 0.3) is 0 Å². The largest absolute Gasteiger partial charge is 0.365 e. The number of benzene rings is 1. The van der Waals surface area contributed by atoms with Crippen molar-refractivity contribution in [1.29, 1.82) is 5.26 Å². The highest BCUT2D eigenvalue weighted by Gasteiger charge is 2.21. The van der Waals surface area contributed by atoms with Gasteiger partial charge in [-0.1, -0.05) is 23.9 Å². The van der Waals surface area contributed by atoms with Crippen LogP contribution < -0.4 is 11.1 Å². The summed E-state index contributed by atoms with van der Waals surface area (Å²) in [5.74, 6) is -0.708. The minimum atomic E-state index is -0.708. The van der Waals surface area contributed by atoms with Gasteiger partial charge < -0.3 is 11.1 Å². The van der Waals surface area contributed by atoms with Gasteiger partial charge in [0.25, 0.3) is 5.91 Å². The highest BCUT2D eigenvalue weighted by atomic mass is 32.2. The number of fused-ring (bicyclic) bond motifs is 1. The van der Waals surface area contributed by atoms with Crippen LogP contribution in [-0.4, -0.2) is 5.91 Å². The second-order valence-electron chi connectivity index (χ2n) is 2.90. The van der Waals surface area contributed by atoms with Crippen molar-refractivity contribution in [2.45, 2.75) is 4.90 Å². The summed E-state index contributed by atoms with van der Waals surface area (Å²) in [6.07, 6.45) is 0. The van der Waals surface area contributed by atoms with Gasteiger partial charge >= 0.3 is 0 Å². The van der Waals surface area contributed by atoms with Crippen LogP contribution in [0.3, 0.4) is 0 Å². The average Bonchev–Trinajstić information content (AvgIpc) is 2.61. The molecule has 0 aromatic heterocycles. The molecule has 0 aliphatic carbocycles. The first-order valence-electron chi connectivity index (χ1n) is 4.20. The molecule has 2 rings (SSSR count). The van der Waals surface area contributed by atoms with Crippen molar-refractivity contribution in [1.82, 2.24) is 0 Å². The number of hydrogen-bond donors (Lipinski definition) is 2. The van der Waals surface area contributed by atoms with E-state index in [-0.39, 0.29) is 5.57 Å². The Hall–Kier alpha value is -1.93. The maximum atomic E-state index is 11.0. The van der Waals surface area contributed by atoms with E-state index in [1.807, 2.05) is 24.3 Å². The second-order valence-corrected chi connectivity index (χ2v) is 3.96. The lowest BCUT2D eigenvalue weighted by atomic mass is 10.3. The Kier molecular flexibility index (Phi) is 2.35. The van der Waals surface area contributed by atoms with E-state index in [2.05, 4.69) is 5.32 Å². The van der Waals surface area contributed by atoms with Crippen LogP contribution in [0.5, 0.6) is 0 Å². The van der Waals surface area contributed by atoms with E-state index < -0.39 is 5.91 Å². The van der Waals surface area contributed by atoms with Crippen molar-refractivity contribution < 1.29 is 4.79 Å². The quantitative estimate of drug-likeness (QED) is 0.551. The zero-order valence-electron chi connectivity index (χ0n) is 7.65. The molecule has 1 aliphatic rings. The van der Waals surface area contributed by atoms with E-state index in [1.54, 1.807) is 6.07 Å². The van der Waals surface area contributed by atoms with Crippen molar-refractivity contribution in [3.63, 3.8) is 0 Å². The highest BCUT2D eigenvalue weighted by Crippen LogP contribution is 2.41. The molecule has 3 N–H and O–H groups in total. The number of anilines is 1. The molecule has 1 heterocycles. The van der Waals surface area contributed by atoms with Crippen LogP contribution in [0.15, 0.2) is 39.8 Å². The van der Waals surface area contributed by atoms with Crippen LogP contribution in [0.4, 0.5) is 5.69 Å². The number of carbonyl (C=O) groups is 1. The van der Waals surface area contributed by atoms with Gasteiger partial charge in [0.05, 0.1) is 5.69 Å². The van der Waals surface area contributed by atoms with Gasteiger partial charge in [-0.25, -0.2) is 0 Å². The molecule has 0 bridgehead atoms. The standard InChI is InChI=1S/C10H7N3OS/c11-5-6(9(12)14)10-13-7-3-1-2-4-8(7)15-10/h1-4,13H,(H2,12,14)/b10-6+. The second kappa shape index (κ2) is 3.67. The molecule has 0 fully saturated rings. The SMILES string of the molecule is N#C/C(C(N)=O)=C1/Nc2ccccc2S1. The van der Waals surface area contributed by atoms with E-state index in [0.29, 0.717) is 5.03 Å². The number of nitrogens with one attached hydrogen (secondary N) is 1. The van der Waals surface area contributed by atoms with E-state index in [0.717, 1.165) is 10.6 Å².